The van der Waals surface area contributed by atoms with E-state index in [1.165, 1.54) is 13.0 Å². The molecule has 2 N–H and O–H groups in total. The molecule has 0 amide bonds. The number of nitrogens with zero attached hydrogens (tertiary/aromatic N) is 1. The fourth-order valence-corrected chi connectivity index (χ4v) is 1.97. The van der Waals surface area contributed by atoms with E-state index in [9.17, 15) is 0 Å². The van der Waals surface area contributed by atoms with Gasteiger partial charge in [0, 0.05) is 25.2 Å². The normalized spacial score (nSPS) is 26.5. The van der Waals surface area contributed by atoms with Crippen LogP contribution in [-0.2, 0) is 0 Å². The van der Waals surface area contributed by atoms with Crippen LogP contribution in [-0.4, -0.2) is 48.8 Å². The summed E-state index contributed by atoms with van der Waals surface area (Å²) in [5, 5.41) is 12.4. The molecular weight excluding hydrogens is 164 g/mol. The Morgan fingerprint density at radius 1 is 1.62 bits per heavy atom. The molecule has 78 valence electrons. The molecule has 2 unspecified atom stereocenters. The Balaban J connectivity index is 2.21. The second-order valence-corrected chi connectivity index (χ2v) is 4.03. The summed E-state index contributed by atoms with van der Waals surface area (Å²) in [7, 11) is 2.16. The van der Waals surface area contributed by atoms with Crippen LogP contribution in [0, 0.1) is 0 Å². The lowest BCUT2D eigenvalue weighted by atomic mass is 10.1. The van der Waals surface area contributed by atoms with Gasteiger partial charge in [0.05, 0.1) is 0 Å². The smallest absolute Gasteiger partial charge is 0.0445 e. The first-order chi connectivity index (χ1) is 6.26. The van der Waals surface area contributed by atoms with E-state index in [0.717, 1.165) is 19.4 Å². The second-order valence-electron chi connectivity index (χ2n) is 4.03. The van der Waals surface area contributed by atoms with Crippen molar-refractivity contribution in [3.8, 4) is 0 Å². The molecule has 1 saturated heterocycles. The number of likely N-dealkylation sites (N-methyl/N-ethyl adjacent to an activating group) is 1. The Morgan fingerprint density at radius 2 is 2.38 bits per heavy atom. The summed E-state index contributed by atoms with van der Waals surface area (Å²) in [5.41, 5.74) is 0. The highest BCUT2D eigenvalue weighted by Crippen LogP contribution is 2.09. The van der Waals surface area contributed by atoms with Gasteiger partial charge in [0.15, 0.2) is 0 Å². The Kier molecular flexibility index (Phi) is 4.70. The zero-order valence-corrected chi connectivity index (χ0v) is 8.79. The van der Waals surface area contributed by atoms with E-state index >= 15 is 0 Å². The van der Waals surface area contributed by atoms with Crippen molar-refractivity contribution in [1.29, 1.82) is 0 Å². The van der Waals surface area contributed by atoms with Gasteiger partial charge in [-0.2, -0.15) is 0 Å². The predicted molar refractivity (Wildman–Crippen MR) is 54.8 cm³/mol. The summed E-state index contributed by atoms with van der Waals surface area (Å²) in [6.45, 7) is 4.83. The first-order valence-corrected chi connectivity index (χ1v) is 5.31. The molecule has 3 heteroatoms. The minimum atomic E-state index is 0.300. The Bertz CT molecular complexity index is 139. The molecule has 0 aliphatic carbocycles. The van der Waals surface area contributed by atoms with Gasteiger partial charge < -0.3 is 15.3 Å². The van der Waals surface area contributed by atoms with Crippen LogP contribution in [0.5, 0.6) is 0 Å². The fraction of sp³-hybridized carbons (Fsp3) is 1.00. The van der Waals surface area contributed by atoms with Crippen molar-refractivity contribution < 1.29 is 5.11 Å². The van der Waals surface area contributed by atoms with E-state index in [0.29, 0.717) is 18.7 Å². The lowest BCUT2D eigenvalue weighted by Gasteiger charge is -2.20. The maximum absolute atomic E-state index is 8.84. The molecule has 0 aromatic heterocycles. The molecule has 0 aromatic rings. The first-order valence-electron chi connectivity index (χ1n) is 5.31. The van der Waals surface area contributed by atoms with Crippen molar-refractivity contribution in [3.05, 3.63) is 0 Å². The van der Waals surface area contributed by atoms with Crippen LogP contribution in [0.15, 0.2) is 0 Å². The zero-order valence-electron chi connectivity index (χ0n) is 8.79. The van der Waals surface area contributed by atoms with Gasteiger partial charge in [-0.3, -0.25) is 0 Å². The fourth-order valence-electron chi connectivity index (χ4n) is 1.97. The largest absolute Gasteiger partial charge is 0.396 e. The molecular formula is C10H22N2O. The third kappa shape index (κ3) is 3.63. The number of hydrogen-bond acceptors (Lipinski definition) is 3. The van der Waals surface area contributed by atoms with E-state index in [2.05, 4.69) is 24.2 Å². The van der Waals surface area contributed by atoms with Gasteiger partial charge in [-0.25, -0.2) is 0 Å². The van der Waals surface area contributed by atoms with Gasteiger partial charge in [0.25, 0.3) is 0 Å². The van der Waals surface area contributed by atoms with Crippen LogP contribution < -0.4 is 5.32 Å². The van der Waals surface area contributed by atoms with Crippen molar-refractivity contribution in [2.45, 2.75) is 38.3 Å². The summed E-state index contributed by atoms with van der Waals surface area (Å²) in [5.74, 6) is 0. The molecule has 0 spiro atoms. The average molecular weight is 186 g/mol. The predicted octanol–water partition coefficient (Wildman–Crippen LogP) is 0.441. The monoisotopic (exact) mass is 186 g/mol. The summed E-state index contributed by atoms with van der Waals surface area (Å²) < 4.78 is 0. The second kappa shape index (κ2) is 5.58. The maximum Gasteiger partial charge on any atom is 0.0445 e. The summed E-state index contributed by atoms with van der Waals surface area (Å²) in [6, 6.07) is 1.14. The molecule has 0 saturated carbocycles. The number of hydrogen-bond donors (Lipinski definition) is 2. The molecule has 1 rings (SSSR count). The molecule has 2 atom stereocenters. The van der Waals surface area contributed by atoms with E-state index < -0.39 is 0 Å². The summed E-state index contributed by atoms with van der Waals surface area (Å²) >= 11 is 0. The molecule has 0 radical (unpaired) electrons. The standard InChI is InChI=1S/C10H22N2O/c1-3-9(5-7-13)11-10-4-6-12(2)8-10/h9-11,13H,3-8H2,1-2H3. The molecule has 0 bridgehead atoms. The SMILES string of the molecule is CCC(CCO)NC1CCN(C)C1. The van der Waals surface area contributed by atoms with Crippen molar-refractivity contribution in [2.24, 2.45) is 0 Å². The molecule has 0 aromatic carbocycles. The molecule has 3 nitrogen and oxygen atoms in total. The van der Waals surface area contributed by atoms with Gasteiger partial charge in [-0.05, 0) is 32.9 Å². The number of nitrogens with one attached hydrogen (secondary N) is 1. The van der Waals surface area contributed by atoms with Crippen LogP contribution in [0.25, 0.3) is 0 Å². The summed E-state index contributed by atoms with van der Waals surface area (Å²) in [4.78, 5) is 2.35. The highest BCUT2D eigenvalue weighted by atomic mass is 16.3. The number of rotatable bonds is 5. The molecule has 1 aliphatic heterocycles. The van der Waals surface area contributed by atoms with Crippen molar-refractivity contribution >= 4 is 0 Å². The van der Waals surface area contributed by atoms with E-state index in [1.54, 1.807) is 0 Å². The minimum Gasteiger partial charge on any atom is -0.396 e. The minimum absolute atomic E-state index is 0.300. The Hall–Kier alpha value is -0.120. The van der Waals surface area contributed by atoms with Crippen molar-refractivity contribution in [3.63, 3.8) is 0 Å². The molecule has 1 fully saturated rings. The van der Waals surface area contributed by atoms with E-state index in [-0.39, 0.29) is 0 Å². The van der Waals surface area contributed by atoms with Crippen LogP contribution >= 0.6 is 0 Å². The Morgan fingerprint density at radius 3 is 2.85 bits per heavy atom. The van der Waals surface area contributed by atoms with Crippen LogP contribution in [0.3, 0.4) is 0 Å². The van der Waals surface area contributed by atoms with Gasteiger partial charge in [0.1, 0.15) is 0 Å². The van der Waals surface area contributed by atoms with Crippen molar-refractivity contribution in [2.75, 3.05) is 26.7 Å². The van der Waals surface area contributed by atoms with E-state index in [4.69, 9.17) is 5.11 Å². The van der Waals surface area contributed by atoms with Gasteiger partial charge in [-0.15, -0.1) is 0 Å². The molecule has 1 heterocycles. The Labute approximate surface area is 81.1 Å². The third-order valence-corrected chi connectivity index (χ3v) is 2.83. The lowest BCUT2D eigenvalue weighted by molar-refractivity contribution is 0.254. The van der Waals surface area contributed by atoms with Crippen LogP contribution in [0.4, 0.5) is 0 Å². The number of aliphatic hydroxyl groups excluding tert-OH is 1. The quantitative estimate of drug-likeness (QED) is 0.654. The number of likely N-dealkylation sites (tertiary alicyclic amines) is 1. The highest BCUT2D eigenvalue weighted by molar-refractivity contribution is 4.81. The van der Waals surface area contributed by atoms with Gasteiger partial charge in [-0.1, -0.05) is 6.92 Å². The van der Waals surface area contributed by atoms with Gasteiger partial charge >= 0.3 is 0 Å². The van der Waals surface area contributed by atoms with Crippen molar-refractivity contribution in [1.82, 2.24) is 10.2 Å². The van der Waals surface area contributed by atoms with Crippen LogP contribution in [0.2, 0.25) is 0 Å². The topological polar surface area (TPSA) is 35.5 Å². The first kappa shape index (κ1) is 11.0. The summed E-state index contributed by atoms with van der Waals surface area (Å²) in [6.07, 6.45) is 3.25. The number of aliphatic hydroxyl groups is 1. The maximum atomic E-state index is 8.84. The lowest BCUT2D eigenvalue weighted by Crippen LogP contribution is -2.39. The highest BCUT2D eigenvalue weighted by Gasteiger charge is 2.21. The average Bonchev–Trinajstić information content (AvgIpc) is 2.50. The zero-order chi connectivity index (χ0) is 9.68. The third-order valence-electron chi connectivity index (χ3n) is 2.83. The molecule has 1 aliphatic rings. The van der Waals surface area contributed by atoms with Crippen LogP contribution in [0.1, 0.15) is 26.2 Å². The van der Waals surface area contributed by atoms with E-state index in [1.807, 2.05) is 0 Å². The molecule has 13 heavy (non-hydrogen) atoms. The van der Waals surface area contributed by atoms with Gasteiger partial charge in [0.2, 0.25) is 0 Å².